The van der Waals surface area contributed by atoms with Crippen LogP contribution in [0.3, 0.4) is 0 Å². The zero-order chi connectivity index (χ0) is 23.6. The number of alkyl halides is 3. The summed E-state index contributed by atoms with van der Waals surface area (Å²) < 4.78 is 55.3. The molecule has 1 aliphatic heterocycles. The molecule has 33 heavy (non-hydrogen) atoms. The zero-order valence-electron chi connectivity index (χ0n) is 17.5. The minimum atomic E-state index is -4.82. The fourth-order valence-electron chi connectivity index (χ4n) is 3.75. The third kappa shape index (κ3) is 5.16. The third-order valence-corrected chi connectivity index (χ3v) is 5.26. The molecule has 0 saturated carbocycles. The lowest BCUT2D eigenvalue weighted by atomic mass is 10.1. The lowest BCUT2D eigenvalue weighted by molar-refractivity contribution is -0.274. The fourth-order valence-corrected chi connectivity index (χ4v) is 3.75. The molecule has 1 aliphatic rings. The van der Waals surface area contributed by atoms with Crippen molar-refractivity contribution in [3.05, 3.63) is 108 Å². The molecule has 0 radical (unpaired) electrons. The van der Waals surface area contributed by atoms with E-state index in [-0.39, 0.29) is 11.9 Å². The van der Waals surface area contributed by atoms with E-state index >= 15 is 0 Å². The van der Waals surface area contributed by atoms with Crippen molar-refractivity contribution in [1.29, 1.82) is 0 Å². The number of nitrogens with one attached hydrogen (secondary N) is 1. The highest BCUT2D eigenvalue weighted by Crippen LogP contribution is 2.37. The lowest BCUT2D eigenvalue weighted by Crippen LogP contribution is -2.33. The Hall–Kier alpha value is -3.81. The second-order valence-electron chi connectivity index (χ2n) is 7.57. The van der Waals surface area contributed by atoms with Crippen molar-refractivity contribution >= 4 is 11.6 Å². The fraction of sp³-hybridized carbons (Fsp3) is 0.160. The highest BCUT2D eigenvalue weighted by Gasteiger charge is 2.36. The molecular formula is C25H20F4N2O2. The Labute approximate surface area is 188 Å². The minimum absolute atomic E-state index is 0.183. The molecule has 0 spiro atoms. The number of hydrogen-bond acceptors (Lipinski definition) is 3. The minimum Gasteiger partial charge on any atom is -0.406 e. The number of hydrogen-bond donors (Lipinski definition) is 1. The van der Waals surface area contributed by atoms with Gasteiger partial charge in [-0.2, -0.15) is 0 Å². The van der Waals surface area contributed by atoms with E-state index in [1.165, 1.54) is 29.2 Å². The van der Waals surface area contributed by atoms with E-state index in [1.54, 1.807) is 18.2 Å². The molecule has 1 N–H and O–H groups in total. The van der Waals surface area contributed by atoms with E-state index in [0.29, 0.717) is 16.9 Å². The molecule has 0 aromatic heterocycles. The summed E-state index contributed by atoms with van der Waals surface area (Å²) in [5.41, 5.74) is 2.17. The van der Waals surface area contributed by atoms with Crippen LogP contribution in [0.2, 0.25) is 0 Å². The number of amides is 1. The summed E-state index contributed by atoms with van der Waals surface area (Å²) in [4.78, 5) is 14.8. The van der Waals surface area contributed by atoms with E-state index in [1.807, 2.05) is 37.3 Å². The summed E-state index contributed by atoms with van der Waals surface area (Å²) >= 11 is 0. The number of ether oxygens (including phenoxy) is 1. The van der Waals surface area contributed by atoms with Crippen molar-refractivity contribution in [1.82, 2.24) is 5.32 Å². The maximum atomic E-state index is 13.9. The van der Waals surface area contributed by atoms with Crippen LogP contribution in [0.5, 0.6) is 5.75 Å². The predicted octanol–water partition coefficient (Wildman–Crippen LogP) is 6.05. The monoisotopic (exact) mass is 456 g/mol. The molecule has 0 saturated heterocycles. The maximum absolute atomic E-state index is 13.9. The van der Waals surface area contributed by atoms with Gasteiger partial charge >= 0.3 is 6.36 Å². The van der Waals surface area contributed by atoms with E-state index in [0.717, 1.165) is 17.7 Å². The second-order valence-corrected chi connectivity index (χ2v) is 7.57. The number of rotatable bonds is 6. The Bertz CT molecular complexity index is 1160. The number of benzene rings is 3. The summed E-state index contributed by atoms with van der Waals surface area (Å²) in [5, 5.41) is 3.20. The molecule has 0 unspecified atom stereocenters. The van der Waals surface area contributed by atoms with Crippen molar-refractivity contribution in [2.45, 2.75) is 25.4 Å². The molecule has 0 bridgehead atoms. The van der Waals surface area contributed by atoms with Crippen molar-refractivity contribution in [2.24, 2.45) is 0 Å². The number of halogens is 4. The summed E-state index contributed by atoms with van der Waals surface area (Å²) in [6, 6.07) is 19.6. The van der Waals surface area contributed by atoms with Gasteiger partial charge in [-0.1, -0.05) is 42.5 Å². The molecule has 3 aromatic carbocycles. The number of anilines is 1. The van der Waals surface area contributed by atoms with Crippen molar-refractivity contribution in [3.8, 4) is 5.75 Å². The van der Waals surface area contributed by atoms with Crippen LogP contribution in [-0.2, 0) is 4.79 Å². The van der Waals surface area contributed by atoms with Crippen LogP contribution in [0.15, 0.2) is 90.6 Å². The summed E-state index contributed by atoms with van der Waals surface area (Å²) in [5.74, 6) is -1.23. The lowest BCUT2D eigenvalue weighted by Gasteiger charge is -2.26. The standard InChI is InChI=1S/C25H20F4N2O2/c1-16(17-6-3-2-4-7-17)30-22-15-23(18-8-5-9-19(26)14-18)31(24(22)32)20-10-12-21(13-11-20)33-25(27,28)29/h2-16,23,30H,1H3/t16-,23+/m1/s1. The van der Waals surface area contributed by atoms with Gasteiger partial charge in [0, 0.05) is 11.7 Å². The van der Waals surface area contributed by atoms with Gasteiger partial charge in [-0.05, 0) is 60.5 Å². The molecule has 170 valence electrons. The van der Waals surface area contributed by atoms with E-state index in [2.05, 4.69) is 10.1 Å². The van der Waals surface area contributed by atoms with Gasteiger partial charge in [0.25, 0.3) is 5.91 Å². The van der Waals surface area contributed by atoms with Crippen LogP contribution >= 0.6 is 0 Å². The summed E-state index contributed by atoms with van der Waals surface area (Å²) in [7, 11) is 0. The van der Waals surface area contributed by atoms with E-state index in [9.17, 15) is 22.4 Å². The van der Waals surface area contributed by atoms with Crippen LogP contribution in [0.25, 0.3) is 0 Å². The van der Waals surface area contributed by atoms with Gasteiger partial charge in [-0.3, -0.25) is 9.69 Å². The van der Waals surface area contributed by atoms with Gasteiger partial charge < -0.3 is 10.1 Å². The first-order chi connectivity index (χ1) is 15.7. The Kier molecular flexibility index (Phi) is 6.09. The maximum Gasteiger partial charge on any atom is 0.573 e. The van der Waals surface area contributed by atoms with Crippen LogP contribution in [0, 0.1) is 5.82 Å². The molecule has 4 nitrogen and oxygen atoms in total. The van der Waals surface area contributed by atoms with E-state index in [4.69, 9.17) is 0 Å². The van der Waals surface area contributed by atoms with Crippen molar-refractivity contribution < 1.29 is 27.1 Å². The molecule has 3 aromatic rings. The summed E-state index contributed by atoms with van der Waals surface area (Å²) in [6.07, 6.45) is -3.13. The number of carbonyl (C=O) groups is 1. The first-order valence-electron chi connectivity index (χ1n) is 10.2. The Morgan fingerprint density at radius 2 is 1.67 bits per heavy atom. The highest BCUT2D eigenvalue weighted by molar-refractivity contribution is 6.08. The molecule has 0 aliphatic carbocycles. The van der Waals surface area contributed by atoms with Gasteiger partial charge in [0.15, 0.2) is 0 Å². The van der Waals surface area contributed by atoms with Crippen LogP contribution in [0.1, 0.15) is 30.1 Å². The van der Waals surface area contributed by atoms with Gasteiger partial charge in [-0.25, -0.2) is 4.39 Å². The van der Waals surface area contributed by atoms with Crippen molar-refractivity contribution in [3.63, 3.8) is 0 Å². The topological polar surface area (TPSA) is 41.6 Å². The quantitative estimate of drug-likeness (QED) is 0.460. The summed E-state index contributed by atoms with van der Waals surface area (Å²) in [6.45, 7) is 1.91. The molecule has 1 heterocycles. The van der Waals surface area contributed by atoms with Gasteiger partial charge in [0.1, 0.15) is 11.6 Å². The second kappa shape index (κ2) is 8.97. The first kappa shape index (κ1) is 22.4. The number of nitrogens with zero attached hydrogens (tertiary/aromatic N) is 1. The molecule has 0 fully saturated rings. The number of carbonyl (C=O) groups excluding carboxylic acids is 1. The predicted molar refractivity (Wildman–Crippen MR) is 116 cm³/mol. The third-order valence-electron chi connectivity index (χ3n) is 5.26. The molecule has 4 rings (SSSR count). The van der Waals surface area contributed by atoms with Crippen LogP contribution in [-0.4, -0.2) is 12.3 Å². The Morgan fingerprint density at radius 3 is 2.30 bits per heavy atom. The van der Waals surface area contributed by atoms with E-state index < -0.39 is 24.0 Å². The average Bonchev–Trinajstić information content (AvgIpc) is 3.10. The average molecular weight is 456 g/mol. The van der Waals surface area contributed by atoms with Crippen LogP contribution in [0.4, 0.5) is 23.2 Å². The normalized spacial score (nSPS) is 17.0. The molecule has 8 heteroatoms. The first-order valence-corrected chi connectivity index (χ1v) is 10.2. The molecule has 1 amide bonds. The molecule has 2 atom stereocenters. The van der Waals surface area contributed by atoms with Gasteiger partial charge in [0.05, 0.1) is 11.7 Å². The smallest absolute Gasteiger partial charge is 0.406 e. The van der Waals surface area contributed by atoms with Crippen molar-refractivity contribution in [2.75, 3.05) is 4.90 Å². The van der Waals surface area contributed by atoms with Gasteiger partial charge in [0.2, 0.25) is 0 Å². The largest absolute Gasteiger partial charge is 0.573 e. The Balaban J connectivity index is 1.65. The molecular weight excluding hydrogens is 436 g/mol. The SMILES string of the molecule is C[C@@H](NC1=C[C@@H](c2cccc(F)c2)N(c2ccc(OC(F)(F)F)cc2)C1=O)c1ccccc1. The van der Waals surface area contributed by atoms with Gasteiger partial charge in [-0.15, -0.1) is 13.2 Å². The zero-order valence-corrected chi connectivity index (χ0v) is 17.5. The van der Waals surface area contributed by atoms with Crippen LogP contribution < -0.4 is 15.0 Å². The highest BCUT2D eigenvalue weighted by atomic mass is 19.4. The Morgan fingerprint density at radius 1 is 0.970 bits per heavy atom.